The zero-order valence-corrected chi connectivity index (χ0v) is 10.8. The van der Waals surface area contributed by atoms with Crippen LogP contribution < -0.4 is 5.32 Å². The molecular weight excluding hydrogens is 230 g/mol. The number of anilines is 1. The molecule has 0 radical (unpaired) electrons. The Morgan fingerprint density at radius 3 is 3.00 bits per heavy atom. The number of aromatic nitrogens is 1. The Morgan fingerprint density at radius 2 is 2.39 bits per heavy atom. The number of urea groups is 1. The Labute approximate surface area is 107 Å². The summed E-state index contributed by atoms with van der Waals surface area (Å²) in [7, 11) is 0. The van der Waals surface area contributed by atoms with Crippen LogP contribution in [0.15, 0.2) is 24.5 Å². The number of hydrogen-bond donors (Lipinski definition) is 2. The number of amides is 2. The van der Waals surface area contributed by atoms with E-state index >= 15 is 0 Å². The van der Waals surface area contributed by atoms with Crippen molar-refractivity contribution < 1.29 is 9.90 Å². The van der Waals surface area contributed by atoms with Crippen LogP contribution in [0.2, 0.25) is 0 Å². The van der Waals surface area contributed by atoms with Gasteiger partial charge in [0, 0.05) is 12.7 Å². The van der Waals surface area contributed by atoms with Gasteiger partial charge in [-0.1, -0.05) is 0 Å². The van der Waals surface area contributed by atoms with Crippen molar-refractivity contribution >= 4 is 11.7 Å². The Morgan fingerprint density at radius 1 is 1.61 bits per heavy atom. The minimum Gasteiger partial charge on any atom is -0.388 e. The third-order valence-electron chi connectivity index (χ3n) is 3.24. The summed E-state index contributed by atoms with van der Waals surface area (Å²) in [6.45, 7) is 4.17. The van der Waals surface area contributed by atoms with Crippen LogP contribution in [0, 0.1) is 0 Å². The molecule has 98 valence electrons. The molecular formula is C13H19N3O2. The number of nitrogens with zero attached hydrogens (tertiary/aromatic N) is 2. The van der Waals surface area contributed by atoms with Crippen molar-refractivity contribution in [3.63, 3.8) is 0 Å². The van der Waals surface area contributed by atoms with E-state index in [1.807, 2.05) is 0 Å². The first kappa shape index (κ1) is 12.8. The first-order valence-corrected chi connectivity index (χ1v) is 6.18. The summed E-state index contributed by atoms with van der Waals surface area (Å²) >= 11 is 0. The van der Waals surface area contributed by atoms with Gasteiger partial charge in [0.15, 0.2) is 0 Å². The molecule has 1 aliphatic heterocycles. The molecule has 2 rings (SSSR count). The molecule has 2 N–H and O–H groups in total. The Bertz CT molecular complexity index is 414. The molecule has 18 heavy (non-hydrogen) atoms. The fraction of sp³-hybridized carbons (Fsp3) is 0.538. The van der Waals surface area contributed by atoms with Crippen molar-refractivity contribution in [1.29, 1.82) is 0 Å². The van der Waals surface area contributed by atoms with Crippen LogP contribution in [0.4, 0.5) is 10.5 Å². The van der Waals surface area contributed by atoms with E-state index < -0.39 is 5.60 Å². The number of pyridine rings is 1. The van der Waals surface area contributed by atoms with Crippen LogP contribution in [0.3, 0.4) is 0 Å². The van der Waals surface area contributed by atoms with Gasteiger partial charge >= 0.3 is 6.03 Å². The average molecular weight is 249 g/mol. The fourth-order valence-corrected chi connectivity index (χ4v) is 2.38. The lowest BCUT2D eigenvalue weighted by Crippen LogP contribution is -2.49. The summed E-state index contributed by atoms with van der Waals surface area (Å²) < 4.78 is 0. The number of likely N-dealkylation sites (tertiary alicyclic amines) is 1. The molecule has 5 heteroatoms. The maximum Gasteiger partial charge on any atom is 0.322 e. The van der Waals surface area contributed by atoms with Crippen LogP contribution in [0.25, 0.3) is 0 Å². The SMILES string of the molecule is CC(C)(O)[C@H]1CCCN1C(=O)Nc1cccnc1. The molecule has 0 aliphatic carbocycles. The average Bonchev–Trinajstić information content (AvgIpc) is 2.79. The Hall–Kier alpha value is -1.62. The smallest absolute Gasteiger partial charge is 0.322 e. The number of hydrogen-bond acceptors (Lipinski definition) is 3. The first-order chi connectivity index (χ1) is 8.48. The molecule has 2 heterocycles. The second-order valence-electron chi connectivity index (χ2n) is 5.18. The third-order valence-corrected chi connectivity index (χ3v) is 3.24. The lowest BCUT2D eigenvalue weighted by molar-refractivity contribution is 0.0117. The van der Waals surface area contributed by atoms with Gasteiger partial charge in [-0.25, -0.2) is 4.79 Å². The van der Waals surface area contributed by atoms with Gasteiger partial charge in [0.25, 0.3) is 0 Å². The van der Waals surface area contributed by atoms with Crippen LogP contribution in [0.1, 0.15) is 26.7 Å². The number of rotatable bonds is 2. The zero-order valence-electron chi connectivity index (χ0n) is 10.8. The predicted molar refractivity (Wildman–Crippen MR) is 69.3 cm³/mol. The summed E-state index contributed by atoms with van der Waals surface area (Å²) in [5.74, 6) is 0. The monoisotopic (exact) mass is 249 g/mol. The third kappa shape index (κ3) is 2.79. The zero-order chi connectivity index (χ0) is 13.2. The normalized spacial score (nSPS) is 19.9. The molecule has 1 saturated heterocycles. The van der Waals surface area contributed by atoms with Gasteiger partial charge in [-0.2, -0.15) is 0 Å². The van der Waals surface area contributed by atoms with Crippen molar-refractivity contribution in [3.05, 3.63) is 24.5 Å². The summed E-state index contributed by atoms with van der Waals surface area (Å²) in [6, 6.07) is 3.26. The highest BCUT2D eigenvalue weighted by Crippen LogP contribution is 2.27. The van der Waals surface area contributed by atoms with E-state index in [0.29, 0.717) is 12.2 Å². The van der Waals surface area contributed by atoms with E-state index in [9.17, 15) is 9.90 Å². The van der Waals surface area contributed by atoms with E-state index in [4.69, 9.17) is 0 Å². The van der Waals surface area contributed by atoms with Crippen molar-refractivity contribution in [2.75, 3.05) is 11.9 Å². The molecule has 1 fully saturated rings. The maximum absolute atomic E-state index is 12.1. The second kappa shape index (κ2) is 4.94. The topological polar surface area (TPSA) is 65.5 Å². The van der Waals surface area contributed by atoms with Crippen molar-refractivity contribution in [2.24, 2.45) is 0 Å². The molecule has 0 unspecified atom stereocenters. The number of nitrogens with one attached hydrogen (secondary N) is 1. The quantitative estimate of drug-likeness (QED) is 0.840. The number of carbonyl (C=O) groups excluding carboxylic acids is 1. The van der Waals surface area contributed by atoms with Crippen LogP contribution >= 0.6 is 0 Å². The van der Waals surface area contributed by atoms with E-state index in [1.165, 1.54) is 0 Å². The minimum absolute atomic E-state index is 0.130. The summed E-state index contributed by atoms with van der Waals surface area (Å²) in [5.41, 5.74) is -0.202. The van der Waals surface area contributed by atoms with Crippen LogP contribution in [-0.4, -0.2) is 39.2 Å². The van der Waals surface area contributed by atoms with E-state index in [2.05, 4.69) is 10.3 Å². The Balaban J connectivity index is 2.05. The summed E-state index contributed by atoms with van der Waals surface area (Å²) in [4.78, 5) is 17.8. The van der Waals surface area contributed by atoms with E-state index in [-0.39, 0.29) is 12.1 Å². The fourth-order valence-electron chi connectivity index (χ4n) is 2.38. The van der Waals surface area contributed by atoms with E-state index in [1.54, 1.807) is 43.3 Å². The summed E-state index contributed by atoms with van der Waals surface area (Å²) in [5, 5.41) is 12.9. The van der Waals surface area contributed by atoms with Gasteiger partial charge in [0.2, 0.25) is 0 Å². The molecule has 0 saturated carbocycles. The highest BCUT2D eigenvalue weighted by atomic mass is 16.3. The number of carbonyl (C=O) groups is 1. The molecule has 5 nitrogen and oxygen atoms in total. The first-order valence-electron chi connectivity index (χ1n) is 6.18. The van der Waals surface area contributed by atoms with Crippen molar-refractivity contribution in [2.45, 2.75) is 38.3 Å². The minimum atomic E-state index is -0.872. The standard InChI is InChI=1S/C13H19N3O2/c1-13(2,18)11-6-4-8-16(11)12(17)15-10-5-3-7-14-9-10/h3,5,7,9,11,18H,4,6,8H2,1-2H3,(H,15,17)/t11-/m1/s1. The molecule has 1 aliphatic rings. The van der Waals surface area contributed by atoms with Gasteiger partial charge < -0.3 is 15.3 Å². The largest absolute Gasteiger partial charge is 0.388 e. The highest BCUT2D eigenvalue weighted by Gasteiger charge is 2.38. The van der Waals surface area contributed by atoms with Crippen LogP contribution in [-0.2, 0) is 0 Å². The summed E-state index contributed by atoms with van der Waals surface area (Å²) in [6.07, 6.45) is 5.03. The molecule has 0 bridgehead atoms. The van der Waals surface area contributed by atoms with Gasteiger partial charge in [0.1, 0.15) is 0 Å². The number of aliphatic hydroxyl groups is 1. The second-order valence-corrected chi connectivity index (χ2v) is 5.18. The van der Waals surface area contributed by atoms with Gasteiger partial charge in [-0.3, -0.25) is 4.98 Å². The molecule has 2 amide bonds. The molecule has 1 aromatic heterocycles. The van der Waals surface area contributed by atoms with Crippen LogP contribution in [0.5, 0.6) is 0 Å². The molecule has 0 spiro atoms. The van der Waals surface area contributed by atoms with Crippen molar-refractivity contribution in [3.8, 4) is 0 Å². The maximum atomic E-state index is 12.1. The molecule has 1 aromatic rings. The van der Waals surface area contributed by atoms with Gasteiger partial charge in [-0.05, 0) is 38.8 Å². The predicted octanol–water partition coefficient (Wildman–Crippen LogP) is 1.85. The van der Waals surface area contributed by atoms with Gasteiger partial charge in [0.05, 0.1) is 23.5 Å². The van der Waals surface area contributed by atoms with Crippen molar-refractivity contribution in [1.82, 2.24) is 9.88 Å². The van der Waals surface area contributed by atoms with E-state index in [0.717, 1.165) is 12.8 Å². The molecule has 0 aromatic carbocycles. The highest BCUT2D eigenvalue weighted by molar-refractivity contribution is 5.89. The lowest BCUT2D eigenvalue weighted by Gasteiger charge is -2.33. The Kier molecular flexibility index (Phi) is 3.52. The van der Waals surface area contributed by atoms with Gasteiger partial charge in [-0.15, -0.1) is 0 Å². The molecule has 1 atom stereocenters. The lowest BCUT2D eigenvalue weighted by atomic mass is 9.97.